The Morgan fingerprint density at radius 2 is 1.70 bits per heavy atom. The van der Waals surface area contributed by atoms with Crippen LogP contribution in [0.3, 0.4) is 0 Å². The van der Waals surface area contributed by atoms with Gasteiger partial charge < -0.3 is 14.8 Å². The highest BCUT2D eigenvalue weighted by molar-refractivity contribution is 5.47. The first-order valence-electron chi connectivity index (χ1n) is 6.30. The molecule has 5 heteroatoms. The van der Waals surface area contributed by atoms with Crippen LogP contribution in [0.5, 0.6) is 11.5 Å². The highest BCUT2D eigenvalue weighted by atomic mass is 19.2. The molecule has 0 radical (unpaired) electrons. The maximum atomic E-state index is 13.1. The Balaban J connectivity index is 1.70. The van der Waals surface area contributed by atoms with E-state index in [1.165, 1.54) is 6.07 Å². The van der Waals surface area contributed by atoms with Crippen LogP contribution in [0.4, 0.5) is 14.5 Å². The normalized spacial score (nSPS) is 13.1. The Morgan fingerprint density at radius 1 is 0.900 bits per heavy atom. The van der Waals surface area contributed by atoms with Gasteiger partial charge >= 0.3 is 0 Å². The summed E-state index contributed by atoms with van der Waals surface area (Å²) in [6, 6.07) is 9.35. The number of ether oxygens (including phenoxy) is 2. The van der Waals surface area contributed by atoms with Crippen LogP contribution < -0.4 is 14.8 Å². The summed E-state index contributed by atoms with van der Waals surface area (Å²) < 4.78 is 36.8. The number of hydrogen-bond acceptors (Lipinski definition) is 3. The first kappa shape index (κ1) is 12.7. The molecule has 3 nitrogen and oxygen atoms in total. The molecule has 0 saturated heterocycles. The molecular formula is C15H13F2NO2. The fourth-order valence-electron chi connectivity index (χ4n) is 2.01. The van der Waals surface area contributed by atoms with Crippen molar-refractivity contribution >= 4 is 5.69 Å². The Labute approximate surface area is 115 Å². The fourth-order valence-corrected chi connectivity index (χ4v) is 2.01. The first-order chi connectivity index (χ1) is 9.72. The quantitative estimate of drug-likeness (QED) is 0.933. The zero-order valence-corrected chi connectivity index (χ0v) is 10.7. The van der Waals surface area contributed by atoms with E-state index in [4.69, 9.17) is 9.47 Å². The molecule has 1 N–H and O–H groups in total. The summed E-state index contributed by atoms with van der Waals surface area (Å²) in [5, 5.41) is 3.03. The van der Waals surface area contributed by atoms with Gasteiger partial charge in [0, 0.05) is 18.3 Å². The molecule has 0 amide bonds. The lowest BCUT2D eigenvalue weighted by atomic mass is 10.2. The second-order valence-electron chi connectivity index (χ2n) is 4.46. The van der Waals surface area contributed by atoms with Gasteiger partial charge in [-0.25, -0.2) is 8.78 Å². The van der Waals surface area contributed by atoms with Gasteiger partial charge in [0.05, 0.1) is 0 Å². The molecule has 0 saturated carbocycles. The number of hydrogen-bond donors (Lipinski definition) is 1. The third-order valence-electron chi connectivity index (χ3n) is 3.02. The van der Waals surface area contributed by atoms with Crippen LogP contribution in [-0.2, 0) is 6.54 Å². The molecule has 0 bridgehead atoms. The third-order valence-corrected chi connectivity index (χ3v) is 3.02. The molecule has 20 heavy (non-hydrogen) atoms. The van der Waals surface area contributed by atoms with Gasteiger partial charge in [-0.1, -0.05) is 6.07 Å². The molecule has 1 aliphatic rings. The topological polar surface area (TPSA) is 30.5 Å². The van der Waals surface area contributed by atoms with Crippen molar-refractivity contribution in [3.05, 3.63) is 53.6 Å². The van der Waals surface area contributed by atoms with Gasteiger partial charge in [-0.05, 0) is 29.8 Å². The van der Waals surface area contributed by atoms with E-state index in [0.29, 0.717) is 31.2 Å². The van der Waals surface area contributed by atoms with E-state index in [1.54, 1.807) is 0 Å². The van der Waals surface area contributed by atoms with Crippen LogP contribution in [0.2, 0.25) is 0 Å². The lowest BCUT2D eigenvalue weighted by Crippen LogP contribution is -2.15. The number of anilines is 1. The van der Waals surface area contributed by atoms with Crippen molar-refractivity contribution < 1.29 is 18.3 Å². The number of rotatable bonds is 3. The molecule has 0 fully saturated rings. The Kier molecular flexibility index (Phi) is 3.41. The van der Waals surface area contributed by atoms with Crippen LogP contribution in [0, 0.1) is 11.6 Å². The van der Waals surface area contributed by atoms with E-state index in [1.807, 2.05) is 18.2 Å². The van der Waals surface area contributed by atoms with Gasteiger partial charge in [-0.2, -0.15) is 0 Å². The zero-order valence-electron chi connectivity index (χ0n) is 10.7. The van der Waals surface area contributed by atoms with E-state index in [2.05, 4.69) is 5.32 Å². The molecule has 2 aromatic carbocycles. The summed E-state index contributed by atoms with van der Waals surface area (Å²) in [5.41, 5.74) is 1.50. The van der Waals surface area contributed by atoms with Gasteiger partial charge in [0.1, 0.15) is 13.2 Å². The second kappa shape index (κ2) is 5.36. The molecule has 1 heterocycles. The first-order valence-corrected chi connectivity index (χ1v) is 6.30. The van der Waals surface area contributed by atoms with Crippen LogP contribution in [0.15, 0.2) is 36.4 Å². The molecule has 0 aliphatic carbocycles. The highest BCUT2D eigenvalue weighted by Crippen LogP contribution is 2.30. The predicted molar refractivity (Wildman–Crippen MR) is 71.1 cm³/mol. The minimum Gasteiger partial charge on any atom is -0.486 e. The van der Waals surface area contributed by atoms with Gasteiger partial charge in [0.25, 0.3) is 0 Å². The minimum absolute atomic E-state index is 0.488. The van der Waals surface area contributed by atoms with Crippen molar-refractivity contribution in [2.75, 3.05) is 18.5 Å². The molecule has 0 unspecified atom stereocenters. The van der Waals surface area contributed by atoms with Crippen LogP contribution in [0.1, 0.15) is 5.56 Å². The van der Waals surface area contributed by atoms with E-state index >= 15 is 0 Å². The van der Waals surface area contributed by atoms with E-state index in [0.717, 1.165) is 23.4 Å². The average Bonchev–Trinajstić information content (AvgIpc) is 2.48. The van der Waals surface area contributed by atoms with Crippen molar-refractivity contribution in [3.63, 3.8) is 0 Å². The van der Waals surface area contributed by atoms with Crippen molar-refractivity contribution in [1.82, 2.24) is 0 Å². The molecule has 104 valence electrons. The van der Waals surface area contributed by atoms with E-state index in [-0.39, 0.29) is 0 Å². The Morgan fingerprint density at radius 3 is 2.50 bits per heavy atom. The molecule has 0 aromatic heterocycles. The second-order valence-corrected chi connectivity index (χ2v) is 4.46. The van der Waals surface area contributed by atoms with Crippen LogP contribution in [-0.4, -0.2) is 13.2 Å². The van der Waals surface area contributed by atoms with Crippen molar-refractivity contribution in [3.8, 4) is 11.5 Å². The predicted octanol–water partition coefficient (Wildman–Crippen LogP) is 3.35. The summed E-state index contributed by atoms with van der Waals surface area (Å²) in [6.45, 7) is 1.58. The lowest BCUT2D eigenvalue weighted by Gasteiger charge is -2.19. The molecule has 2 aromatic rings. The standard InChI is InChI=1S/C15H13F2NO2/c16-12-3-2-11(8-13(12)17)18-9-10-1-4-14-15(7-10)20-6-5-19-14/h1-4,7-8,18H,5-6,9H2. The Hall–Kier alpha value is -2.30. The molecule has 0 atom stereocenters. The highest BCUT2D eigenvalue weighted by Gasteiger charge is 2.11. The monoisotopic (exact) mass is 277 g/mol. The smallest absolute Gasteiger partial charge is 0.161 e. The lowest BCUT2D eigenvalue weighted by molar-refractivity contribution is 0.171. The Bertz CT molecular complexity index is 631. The molecular weight excluding hydrogens is 264 g/mol. The minimum atomic E-state index is -0.864. The van der Waals surface area contributed by atoms with Crippen molar-refractivity contribution in [1.29, 1.82) is 0 Å². The van der Waals surface area contributed by atoms with E-state index in [9.17, 15) is 8.78 Å². The SMILES string of the molecule is Fc1ccc(NCc2ccc3c(c2)OCCO3)cc1F. The maximum Gasteiger partial charge on any atom is 0.161 e. The molecule has 0 spiro atoms. The van der Waals surface area contributed by atoms with Crippen LogP contribution in [0.25, 0.3) is 0 Å². The zero-order chi connectivity index (χ0) is 13.9. The van der Waals surface area contributed by atoms with Gasteiger partial charge in [-0.3, -0.25) is 0 Å². The van der Waals surface area contributed by atoms with Crippen LogP contribution >= 0.6 is 0 Å². The average molecular weight is 277 g/mol. The molecule has 1 aliphatic heterocycles. The van der Waals surface area contributed by atoms with Gasteiger partial charge in [0.2, 0.25) is 0 Å². The van der Waals surface area contributed by atoms with E-state index < -0.39 is 11.6 Å². The summed E-state index contributed by atoms with van der Waals surface area (Å²) in [6.07, 6.45) is 0. The number of fused-ring (bicyclic) bond motifs is 1. The number of halogens is 2. The maximum absolute atomic E-state index is 13.1. The van der Waals surface area contributed by atoms with Crippen molar-refractivity contribution in [2.24, 2.45) is 0 Å². The number of nitrogens with one attached hydrogen (secondary N) is 1. The summed E-state index contributed by atoms with van der Waals surface area (Å²) >= 11 is 0. The van der Waals surface area contributed by atoms with Crippen molar-refractivity contribution in [2.45, 2.75) is 6.54 Å². The third kappa shape index (κ3) is 2.66. The fraction of sp³-hybridized carbons (Fsp3) is 0.200. The van der Waals surface area contributed by atoms with Gasteiger partial charge in [0.15, 0.2) is 23.1 Å². The summed E-state index contributed by atoms with van der Waals surface area (Å²) in [4.78, 5) is 0. The summed E-state index contributed by atoms with van der Waals surface area (Å²) in [5.74, 6) is -0.277. The summed E-state index contributed by atoms with van der Waals surface area (Å²) in [7, 11) is 0. The number of benzene rings is 2. The molecule has 3 rings (SSSR count). The van der Waals surface area contributed by atoms with Gasteiger partial charge in [-0.15, -0.1) is 0 Å². The largest absolute Gasteiger partial charge is 0.486 e.